The number of methoxy groups -OCH3 is 1. The fourth-order valence-corrected chi connectivity index (χ4v) is 3.96. The molecule has 0 spiro atoms. The molecule has 2 rings (SSSR count). The smallest absolute Gasteiger partial charge is 0.309 e. The van der Waals surface area contributed by atoms with E-state index in [2.05, 4.69) is 4.72 Å². The maximum Gasteiger partial charge on any atom is 0.309 e. The monoisotopic (exact) mass is 423 g/mol. The van der Waals surface area contributed by atoms with Gasteiger partial charge >= 0.3 is 7.48 Å². The van der Waals surface area contributed by atoms with Gasteiger partial charge in [0.1, 0.15) is 0 Å². The molecule has 0 amide bonds. The molecule has 0 radical (unpaired) electrons. The number of ether oxygens (including phenoxy) is 1. The zero-order valence-electron chi connectivity index (χ0n) is 17.7. The normalized spacial score (nSPS) is 13.0. The van der Waals surface area contributed by atoms with E-state index in [0.29, 0.717) is 13.2 Å². The highest BCUT2D eigenvalue weighted by atomic mass is 32.2. The zero-order valence-corrected chi connectivity index (χ0v) is 19.3. The highest BCUT2D eigenvalue weighted by molar-refractivity contribution is 7.93. The van der Waals surface area contributed by atoms with Crippen LogP contribution in [0.3, 0.4) is 0 Å². The number of benzene rings is 1. The molecule has 0 fully saturated rings. The number of thiophene rings is 1. The molecule has 1 N–H and O–H groups in total. The van der Waals surface area contributed by atoms with E-state index in [9.17, 15) is 8.42 Å². The lowest BCUT2D eigenvalue weighted by Gasteiger charge is -2.40. The SMILES string of the molecule is COC(C)(C)C(C)(C)OBc1ccc(-c2sccc2NS(=O)(=O)C(C)C)cc1. The molecule has 5 nitrogen and oxygen atoms in total. The first-order valence-corrected chi connectivity index (χ1v) is 11.7. The number of hydrogen-bond donors (Lipinski definition) is 1. The molecule has 1 aromatic carbocycles. The van der Waals surface area contributed by atoms with Gasteiger partial charge in [-0.2, -0.15) is 0 Å². The second-order valence-electron chi connectivity index (χ2n) is 8.07. The Morgan fingerprint density at radius 2 is 1.64 bits per heavy atom. The van der Waals surface area contributed by atoms with Gasteiger partial charge in [0, 0.05) is 7.11 Å². The van der Waals surface area contributed by atoms with E-state index < -0.39 is 26.5 Å². The Bertz CT molecular complexity index is 887. The number of hydrogen-bond acceptors (Lipinski definition) is 5. The average Bonchev–Trinajstić information content (AvgIpc) is 3.07. The Morgan fingerprint density at radius 3 is 2.18 bits per heavy atom. The highest BCUT2D eigenvalue weighted by Gasteiger charge is 2.37. The number of nitrogens with one attached hydrogen (secondary N) is 1. The van der Waals surface area contributed by atoms with Crippen molar-refractivity contribution in [1.82, 2.24) is 0 Å². The summed E-state index contributed by atoms with van der Waals surface area (Å²) in [4.78, 5) is 0.900. The molecule has 0 saturated carbocycles. The first kappa shape index (κ1) is 22.9. The molecule has 2 aromatic rings. The molecule has 0 aliphatic heterocycles. The molecule has 8 heteroatoms. The first-order valence-electron chi connectivity index (χ1n) is 9.27. The van der Waals surface area contributed by atoms with Crippen LogP contribution in [0.15, 0.2) is 35.7 Å². The van der Waals surface area contributed by atoms with Crippen LogP contribution >= 0.6 is 11.3 Å². The van der Waals surface area contributed by atoms with E-state index in [-0.39, 0.29) is 0 Å². The molecule has 0 atom stereocenters. The van der Waals surface area contributed by atoms with Gasteiger partial charge in [-0.05, 0) is 58.6 Å². The summed E-state index contributed by atoms with van der Waals surface area (Å²) in [5.41, 5.74) is 1.77. The fourth-order valence-electron chi connectivity index (χ4n) is 2.32. The van der Waals surface area contributed by atoms with Crippen molar-refractivity contribution in [3.05, 3.63) is 35.7 Å². The van der Waals surface area contributed by atoms with Gasteiger partial charge in [0.2, 0.25) is 10.0 Å². The van der Waals surface area contributed by atoms with E-state index in [1.165, 1.54) is 11.3 Å². The van der Waals surface area contributed by atoms with Gasteiger partial charge < -0.3 is 9.39 Å². The van der Waals surface area contributed by atoms with E-state index >= 15 is 0 Å². The van der Waals surface area contributed by atoms with Crippen molar-refractivity contribution in [2.45, 2.75) is 58.0 Å². The maximum absolute atomic E-state index is 12.2. The van der Waals surface area contributed by atoms with Crippen LogP contribution in [0.4, 0.5) is 5.69 Å². The quantitative estimate of drug-likeness (QED) is 0.624. The standard InChI is InChI=1S/C20H30BNO4S2/c1-14(2)28(23,24)22-17-12-13-27-18(17)15-8-10-16(11-9-15)21-26-20(5,6)19(3,4)25-7/h8-14,21-22H,1-7H3. The Hall–Kier alpha value is -1.35. The van der Waals surface area contributed by atoms with Crippen LogP contribution in [0.25, 0.3) is 10.4 Å². The molecule has 0 aliphatic rings. The van der Waals surface area contributed by atoms with Crippen LogP contribution < -0.4 is 10.2 Å². The number of rotatable bonds is 9. The Balaban J connectivity index is 2.13. The molecular weight excluding hydrogens is 393 g/mol. The van der Waals surface area contributed by atoms with Crippen LogP contribution in [0, 0.1) is 0 Å². The molecule has 154 valence electrons. The van der Waals surface area contributed by atoms with Gasteiger partial charge in [-0.15, -0.1) is 11.3 Å². The first-order chi connectivity index (χ1) is 12.9. The second kappa shape index (κ2) is 8.57. The summed E-state index contributed by atoms with van der Waals surface area (Å²) in [7, 11) is -1.22. The summed E-state index contributed by atoms with van der Waals surface area (Å²) in [5, 5.41) is 1.40. The Labute approximate surface area is 173 Å². The Kier molecular flexibility index (Phi) is 7.02. The van der Waals surface area contributed by atoms with Crippen LogP contribution in [0.5, 0.6) is 0 Å². The molecule has 0 unspecified atom stereocenters. The summed E-state index contributed by atoms with van der Waals surface area (Å²) in [6, 6.07) is 9.79. The molecule has 1 heterocycles. The predicted molar refractivity (Wildman–Crippen MR) is 120 cm³/mol. The van der Waals surface area contributed by atoms with Gasteiger partial charge in [-0.3, -0.25) is 4.72 Å². The van der Waals surface area contributed by atoms with Crippen molar-refractivity contribution in [3.63, 3.8) is 0 Å². The van der Waals surface area contributed by atoms with Crippen LogP contribution in [0.2, 0.25) is 0 Å². The minimum absolute atomic E-state index is 0.410. The largest absolute Gasteiger partial charge is 0.427 e. The van der Waals surface area contributed by atoms with Crippen molar-refractivity contribution >= 4 is 40.0 Å². The summed E-state index contributed by atoms with van der Waals surface area (Å²) in [5.74, 6) is 0. The molecular formula is C20H30BNO4S2. The molecule has 1 aromatic heterocycles. The van der Waals surface area contributed by atoms with E-state index in [0.717, 1.165) is 15.9 Å². The van der Waals surface area contributed by atoms with Gasteiger partial charge in [0.05, 0.1) is 27.0 Å². The molecule has 0 aliphatic carbocycles. The van der Waals surface area contributed by atoms with Crippen LogP contribution in [-0.2, 0) is 19.4 Å². The molecule has 0 bridgehead atoms. The molecule has 0 saturated heterocycles. The number of anilines is 1. The summed E-state index contributed by atoms with van der Waals surface area (Å²) in [6.07, 6.45) is 0. The second-order valence-corrected chi connectivity index (χ2v) is 11.2. The summed E-state index contributed by atoms with van der Waals surface area (Å²) < 4.78 is 38.7. The van der Waals surface area contributed by atoms with E-state index in [4.69, 9.17) is 9.39 Å². The highest BCUT2D eigenvalue weighted by Crippen LogP contribution is 2.34. The topological polar surface area (TPSA) is 64.6 Å². The lowest BCUT2D eigenvalue weighted by atomic mass is 9.82. The Morgan fingerprint density at radius 1 is 1.04 bits per heavy atom. The van der Waals surface area contributed by atoms with Crippen molar-refractivity contribution in [3.8, 4) is 10.4 Å². The van der Waals surface area contributed by atoms with Crippen molar-refractivity contribution in [1.29, 1.82) is 0 Å². The third-order valence-corrected chi connectivity index (χ3v) is 8.02. The minimum atomic E-state index is -3.38. The number of sulfonamides is 1. The van der Waals surface area contributed by atoms with E-state index in [1.54, 1.807) is 27.0 Å². The lowest BCUT2D eigenvalue weighted by Crippen LogP contribution is -2.50. The van der Waals surface area contributed by atoms with Crippen molar-refractivity contribution < 1.29 is 17.8 Å². The van der Waals surface area contributed by atoms with Gasteiger partial charge in [0.15, 0.2) is 0 Å². The average molecular weight is 423 g/mol. The summed E-state index contributed by atoms with van der Waals surface area (Å²) in [6.45, 7) is 11.4. The van der Waals surface area contributed by atoms with Crippen LogP contribution in [0.1, 0.15) is 41.5 Å². The third-order valence-electron chi connectivity index (χ3n) is 5.31. The van der Waals surface area contributed by atoms with Gasteiger partial charge in [-0.1, -0.05) is 29.7 Å². The minimum Gasteiger partial charge on any atom is -0.427 e. The lowest BCUT2D eigenvalue weighted by molar-refractivity contribution is -0.114. The van der Waals surface area contributed by atoms with E-state index in [1.807, 2.05) is 57.3 Å². The van der Waals surface area contributed by atoms with Gasteiger partial charge in [0.25, 0.3) is 0 Å². The third kappa shape index (κ3) is 5.17. The van der Waals surface area contributed by atoms with Crippen LogP contribution in [-0.4, -0.2) is 39.5 Å². The van der Waals surface area contributed by atoms with Gasteiger partial charge in [-0.25, -0.2) is 8.42 Å². The zero-order chi connectivity index (χ0) is 21.2. The maximum atomic E-state index is 12.2. The molecule has 28 heavy (non-hydrogen) atoms. The van der Waals surface area contributed by atoms with Crippen molar-refractivity contribution in [2.75, 3.05) is 11.8 Å². The predicted octanol–water partition coefficient (Wildman–Crippen LogP) is 3.76. The fraction of sp³-hybridized carbons (Fsp3) is 0.500. The summed E-state index contributed by atoms with van der Waals surface area (Å²) >= 11 is 1.51. The van der Waals surface area contributed by atoms with Crippen molar-refractivity contribution in [2.24, 2.45) is 0 Å².